The molecule has 0 bridgehead atoms. The molecule has 18 heavy (non-hydrogen) atoms. The van der Waals surface area contributed by atoms with E-state index in [1.54, 1.807) is 4.90 Å². The third-order valence-electron chi connectivity index (χ3n) is 2.93. The second kappa shape index (κ2) is 6.99. The van der Waals surface area contributed by atoms with Gasteiger partial charge in [0.05, 0.1) is 12.6 Å². The zero-order valence-corrected chi connectivity index (χ0v) is 10.5. The van der Waals surface area contributed by atoms with Crippen molar-refractivity contribution in [1.29, 1.82) is 0 Å². The lowest BCUT2D eigenvalue weighted by Gasteiger charge is -2.23. The maximum atomic E-state index is 12.0. The van der Waals surface area contributed by atoms with E-state index in [2.05, 4.69) is 5.92 Å². The first kappa shape index (κ1) is 14.5. The van der Waals surface area contributed by atoms with E-state index in [-0.39, 0.29) is 24.8 Å². The summed E-state index contributed by atoms with van der Waals surface area (Å²) in [4.78, 5) is 26.5. The quantitative estimate of drug-likeness (QED) is 0.587. The molecule has 1 heterocycles. The van der Waals surface area contributed by atoms with Gasteiger partial charge in [0.1, 0.15) is 0 Å². The number of primary amides is 1. The molecule has 1 aliphatic heterocycles. The van der Waals surface area contributed by atoms with E-state index >= 15 is 0 Å². The second-order valence-electron chi connectivity index (χ2n) is 4.44. The molecule has 100 valence electrons. The highest BCUT2D eigenvalue weighted by Gasteiger charge is 2.23. The van der Waals surface area contributed by atoms with Crippen molar-refractivity contribution < 1.29 is 9.59 Å². The van der Waals surface area contributed by atoms with Crippen molar-refractivity contribution in [3.05, 3.63) is 0 Å². The summed E-state index contributed by atoms with van der Waals surface area (Å²) in [6.07, 6.45) is 6.20. The van der Waals surface area contributed by atoms with Crippen LogP contribution in [0.25, 0.3) is 0 Å². The Bertz CT molecular complexity index is 350. The lowest BCUT2D eigenvalue weighted by molar-refractivity contribution is -0.132. The number of terminal acetylenes is 1. The third kappa shape index (κ3) is 4.35. The minimum Gasteiger partial charge on any atom is -0.369 e. The smallest absolute Gasteiger partial charge is 0.240 e. The highest BCUT2D eigenvalue weighted by atomic mass is 16.2. The number of carbonyl (C=O) groups excluding carboxylic acids is 2. The summed E-state index contributed by atoms with van der Waals surface area (Å²) in [7, 11) is 0. The first-order chi connectivity index (χ1) is 8.54. The molecule has 1 atom stereocenters. The van der Waals surface area contributed by atoms with Gasteiger partial charge in [-0.15, -0.1) is 12.3 Å². The lowest BCUT2D eigenvalue weighted by Crippen LogP contribution is -2.45. The van der Waals surface area contributed by atoms with Crippen molar-refractivity contribution in [2.45, 2.75) is 18.9 Å². The van der Waals surface area contributed by atoms with E-state index < -0.39 is 6.04 Å². The molecule has 1 unspecified atom stereocenters. The zero-order valence-electron chi connectivity index (χ0n) is 10.5. The zero-order chi connectivity index (χ0) is 13.5. The second-order valence-corrected chi connectivity index (χ2v) is 4.44. The fourth-order valence-electron chi connectivity index (χ4n) is 2.02. The highest BCUT2D eigenvalue weighted by Crippen LogP contribution is 2.05. The minimum atomic E-state index is -0.627. The van der Waals surface area contributed by atoms with Crippen LogP contribution < -0.4 is 11.5 Å². The number of nitrogens with zero attached hydrogens (tertiary/aromatic N) is 2. The highest BCUT2D eigenvalue weighted by molar-refractivity contribution is 5.82. The average molecular weight is 252 g/mol. The van der Waals surface area contributed by atoms with Gasteiger partial charge in [-0.25, -0.2) is 0 Å². The Labute approximate surface area is 107 Å². The molecule has 0 aliphatic carbocycles. The summed E-state index contributed by atoms with van der Waals surface area (Å²) in [5.41, 5.74) is 10.9. The standard InChI is InChI=1S/C12H20N4O2/c1-2-4-10(13)12(18)16-6-3-5-15(7-8-16)9-11(14)17/h1,10H,3-9,13H2,(H2,14,17). The van der Waals surface area contributed by atoms with Gasteiger partial charge in [-0.1, -0.05) is 0 Å². The first-order valence-corrected chi connectivity index (χ1v) is 6.03. The summed E-state index contributed by atoms with van der Waals surface area (Å²) in [5.74, 6) is 1.93. The van der Waals surface area contributed by atoms with Crippen molar-refractivity contribution in [2.24, 2.45) is 11.5 Å². The van der Waals surface area contributed by atoms with Crippen molar-refractivity contribution in [3.63, 3.8) is 0 Å². The third-order valence-corrected chi connectivity index (χ3v) is 2.93. The molecule has 0 saturated carbocycles. The van der Waals surface area contributed by atoms with E-state index in [0.29, 0.717) is 19.6 Å². The topological polar surface area (TPSA) is 92.7 Å². The predicted molar refractivity (Wildman–Crippen MR) is 68.3 cm³/mol. The molecule has 1 fully saturated rings. The van der Waals surface area contributed by atoms with Crippen molar-refractivity contribution in [2.75, 3.05) is 32.7 Å². The van der Waals surface area contributed by atoms with Gasteiger partial charge in [0, 0.05) is 32.6 Å². The average Bonchev–Trinajstić information content (AvgIpc) is 2.53. The van der Waals surface area contributed by atoms with Crippen molar-refractivity contribution >= 4 is 11.8 Å². The summed E-state index contributed by atoms with van der Waals surface area (Å²) in [5, 5.41) is 0. The fraction of sp³-hybridized carbons (Fsp3) is 0.667. The van der Waals surface area contributed by atoms with Crippen molar-refractivity contribution in [1.82, 2.24) is 9.80 Å². The molecule has 0 aromatic heterocycles. The van der Waals surface area contributed by atoms with Gasteiger partial charge in [0.25, 0.3) is 0 Å². The SMILES string of the molecule is C#CCC(N)C(=O)N1CCCN(CC(N)=O)CC1. The molecule has 0 spiro atoms. The van der Waals surface area contributed by atoms with Crippen LogP contribution in [0.2, 0.25) is 0 Å². The largest absolute Gasteiger partial charge is 0.369 e. The number of carbonyl (C=O) groups is 2. The van der Waals surface area contributed by atoms with Gasteiger partial charge >= 0.3 is 0 Å². The Balaban J connectivity index is 2.49. The van der Waals surface area contributed by atoms with Gasteiger partial charge in [0.15, 0.2) is 0 Å². The molecule has 2 amide bonds. The molecule has 1 rings (SSSR count). The van der Waals surface area contributed by atoms with Crippen LogP contribution in [0, 0.1) is 12.3 Å². The van der Waals surface area contributed by atoms with Crippen LogP contribution >= 0.6 is 0 Å². The Morgan fingerprint density at radius 3 is 2.61 bits per heavy atom. The number of rotatable bonds is 4. The van der Waals surface area contributed by atoms with Crippen LogP contribution in [-0.2, 0) is 9.59 Å². The van der Waals surface area contributed by atoms with Gasteiger partial charge < -0.3 is 16.4 Å². The van der Waals surface area contributed by atoms with Crippen LogP contribution in [0.5, 0.6) is 0 Å². The van der Waals surface area contributed by atoms with Crippen LogP contribution in [0.3, 0.4) is 0 Å². The van der Waals surface area contributed by atoms with Gasteiger partial charge in [0.2, 0.25) is 11.8 Å². The molecule has 1 saturated heterocycles. The van der Waals surface area contributed by atoms with E-state index in [0.717, 1.165) is 13.0 Å². The molecule has 0 aromatic carbocycles. The van der Waals surface area contributed by atoms with Gasteiger partial charge in [-0.05, 0) is 6.42 Å². The van der Waals surface area contributed by atoms with E-state index in [1.165, 1.54) is 0 Å². The molecule has 1 aliphatic rings. The molecule has 4 N–H and O–H groups in total. The van der Waals surface area contributed by atoms with Gasteiger partial charge in [-0.3, -0.25) is 14.5 Å². The lowest BCUT2D eigenvalue weighted by atomic mass is 10.2. The Kier molecular flexibility index (Phi) is 5.62. The number of amides is 2. The Morgan fingerprint density at radius 1 is 1.28 bits per heavy atom. The molecule has 6 nitrogen and oxygen atoms in total. The van der Waals surface area contributed by atoms with E-state index in [1.807, 2.05) is 4.90 Å². The maximum Gasteiger partial charge on any atom is 0.240 e. The molecule has 0 aromatic rings. The predicted octanol–water partition coefficient (Wildman–Crippen LogP) is -1.64. The van der Waals surface area contributed by atoms with E-state index in [4.69, 9.17) is 17.9 Å². The number of nitrogens with two attached hydrogens (primary N) is 2. The monoisotopic (exact) mass is 252 g/mol. The molecular formula is C12H20N4O2. The molecule has 6 heteroatoms. The first-order valence-electron chi connectivity index (χ1n) is 6.03. The normalized spacial score (nSPS) is 18.8. The van der Waals surface area contributed by atoms with Gasteiger partial charge in [-0.2, -0.15) is 0 Å². The summed E-state index contributed by atoms with van der Waals surface area (Å²) < 4.78 is 0. The van der Waals surface area contributed by atoms with Crippen LogP contribution in [0.15, 0.2) is 0 Å². The van der Waals surface area contributed by atoms with Crippen LogP contribution in [0.1, 0.15) is 12.8 Å². The summed E-state index contributed by atoms with van der Waals surface area (Å²) in [6.45, 7) is 2.84. The summed E-state index contributed by atoms with van der Waals surface area (Å²) >= 11 is 0. The number of hydrogen-bond acceptors (Lipinski definition) is 4. The van der Waals surface area contributed by atoms with Crippen molar-refractivity contribution in [3.8, 4) is 12.3 Å². The maximum absolute atomic E-state index is 12.0. The molecule has 0 radical (unpaired) electrons. The van der Waals surface area contributed by atoms with Crippen LogP contribution in [-0.4, -0.2) is 60.4 Å². The fourth-order valence-corrected chi connectivity index (χ4v) is 2.02. The summed E-state index contributed by atoms with van der Waals surface area (Å²) in [6, 6.07) is -0.627. The Hall–Kier alpha value is -1.58. The minimum absolute atomic E-state index is 0.117. The Morgan fingerprint density at radius 2 is 2.00 bits per heavy atom. The van der Waals surface area contributed by atoms with Crippen LogP contribution in [0.4, 0.5) is 0 Å². The molecular weight excluding hydrogens is 232 g/mol. The van der Waals surface area contributed by atoms with E-state index in [9.17, 15) is 9.59 Å². The number of hydrogen-bond donors (Lipinski definition) is 2.